The summed E-state index contributed by atoms with van der Waals surface area (Å²) in [6, 6.07) is 17.2. The molecule has 1 aliphatic rings. The first-order valence-electron chi connectivity index (χ1n) is 13.3. The summed E-state index contributed by atoms with van der Waals surface area (Å²) in [5, 5.41) is 32.3. The van der Waals surface area contributed by atoms with E-state index in [2.05, 4.69) is 25.3 Å². The van der Waals surface area contributed by atoms with Crippen LogP contribution in [0.3, 0.4) is 0 Å². The smallest absolute Gasteiger partial charge is 0.226 e. The van der Waals surface area contributed by atoms with Crippen molar-refractivity contribution in [3.63, 3.8) is 0 Å². The Labute approximate surface area is 243 Å². The Hall–Kier alpha value is -2.12. The van der Waals surface area contributed by atoms with Crippen LogP contribution in [0.1, 0.15) is 25.0 Å². The van der Waals surface area contributed by atoms with E-state index in [4.69, 9.17) is 26.9 Å². The van der Waals surface area contributed by atoms with Gasteiger partial charge in [-0.2, -0.15) is 0 Å². The molecule has 40 heavy (non-hydrogen) atoms. The number of hydrogen-bond donors (Lipinski definition) is 5. The van der Waals surface area contributed by atoms with Crippen LogP contribution in [0.4, 0.5) is 0 Å². The number of carbonyl (C=O) groups excluding carboxylic acids is 1. The predicted octanol–water partition coefficient (Wildman–Crippen LogP) is 3.13. The average molecular weight is 584 g/mol. The van der Waals surface area contributed by atoms with Crippen molar-refractivity contribution in [3.8, 4) is 0 Å². The van der Waals surface area contributed by atoms with Gasteiger partial charge in [-0.3, -0.25) is 20.2 Å². The molecular formula is C29H46ClN3O7. The largest absolute Gasteiger partial charge is 0.390 e. The number of carbonyl (C=O) groups is 1. The van der Waals surface area contributed by atoms with E-state index in [1.165, 1.54) is 14.2 Å². The van der Waals surface area contributed by atoms with Crippen molar-refractivity contribution in [3.05, 3.63) is 70.7 Å². The van der Waals surface area contributed by atoms with Crippen molar-refractivity contribution >= 4 is 17.5 Å². The maximum atomic E-state index is 13.3. The van der Waals surface area contributed by atoms with Gasteiger partial charge in [0.25, 0.3) is 0 Å². The number of amides is 1. The van der Waals surface area contributed by atoms with Crippen LogP contribution in [0.15, 0.2) is 54.6 Å². The van der Waals surface area contributed by atoms with Crippen LogP contribution in [0, 0.1) is 5.41 Å². The summed E-state index contributed by atoms with van der Waals surface area (Å²) in [5.41, 5.74) is 1.50. The summed E-state index contributed by atoms with van der Waals surface area (Å²) >= 11 is 6.00. The molecule has 0 bridgehead atoms. The molecule has 226 valence electrons. The molecule has 1 fully saturated rings. The summed E-state index contributed by atoms with van der Waals surface area (Å²) < 4.78 is 5.39. The highest BCUT2D eigenvalue weighted by atomic mass is 35.5. The molecular weight excluding hydrogens is 538 g/mol. The zero-order valence-electron chi connectivity index (χ0n) is 24.0. The molecule has 10 nitrogen and oxygen atoms in total. The van der Waals surface area contributed by atoms with Crippen LogP contribution in [-0.2, 0) is 32.1 Å². The third kappa shape index (κ3) is 15.0. The Kier molecular flexibility index (Phi) is 18.6. The van der Waals surface area contributed by atoms with Gasteiger partial charge in [0, 0.05) is 43.2 Å². The number of ether oxygens (including phenoxy) is 1. The summed E-state index contributed by atoms with van der Waals surface area (Å²) in [5.74, 6) is -0.0734. The van der Waals surface area contributed by atoms with Crippen molar-refractivity contribution in [2.24, 2.45) is 5.41 Å². The monoisotopic (exact) mass is 583 g/mol. The molecule has 5 N–H and O–H groups in total. The number of morpholine rings is 1. The topological polar surface area (TPSA) is 133 Å². The Morgan fingerprint density at radius 1 is 1.02 bits per heavy atom. The Morgan fingerprint density at radius 3 is 2.17 bits per heavy atom. The molecule has 0 saturated carbocycles. The molecule has 1 heterocycles. The molecule has 2 aromatic carbocycles. The van der Waals surface area contributed by atoms with Crippen LogP contribution in [0.5, 0.6) is 0 Å². The molecule has 3 rings (SSSR count). The van der Waals surface area contributed by atoms with Gasteiger partial charge in [0.1, 0.15) is 0 Å². The number of aliphatic hydroxyl groups excluding tert-OH is 1. The van der Waals surface area contributed by atoms with Gasteiger partial charge in [0.2, 0.25) is 5.91 Å². The maximum Gasteiger partial charge on any atom is 0.226 e. The highest BCUT2D eigenvalue weighted by Gasteiger charge is 2.31. The third-order valence-corrected chi connectivity index (χ3v) is 6.57. The van der Waals surface area contributed by atoms with E-state index in [1.807, 2.05) is 68.4 Å². The molecule has 0 unspecified atom stereocenters. The highest BCUT2D eigenvalue weighted by molar-refractivity contribution is 6.30. The highest BCUT2D eigenvalue weighted by Crippen LogP contribution is 2.24. The van der Waals surface area contributed by atoms with Gasteiger partial charge in [-0.25, -0.2) is 9.78 Å². The van der Waals surface area contributed by atoms with Crippen LogP contribution in [0.2, 0.25) is 5.02 Å². The zero-order chi connectivity index (χ0) is 29.8. The number of nitrogens with one attached hydrogen (secondary N) is 2. The average Bonchev–Trinajstić information content (AvgIpc) is 2.94. The number of halogens is 1. The van der Waals surface area contributed by atoms with Gasteiger partial charge in [0.05, 0.1) is 39.6 Å². The Morgan fingerprint density at radius 2 is 1.60 bits per heavy atom. The molecule has 11 heteroatoms. The number of hydrogen-bond acceptors (Lipinski definition) is 9. The first-order chi connectivity index (χ1) is 19.2. The molecule has 1 aliphatic heterocycles. The third-order valence-electron chi connectivity index (χ3n) is 6.32. The van der Waals surface area contributed by atoms with E-state index in [9.17, 15) is 9.90 Å². The predicted molar refractivity (Wildman–Crippen MR) is 156 cm³/mol. The SMILES string of the molecule is CC(C)(Cc1ccc(Cl)cc1)C(=O)N[C@@H](Cc1ccccc1)[C@H](O)CNCCN1CCOCC1.COO.COO. The van der Waals surface area contributed by atoms with Crippen molar-refractivity contribution in [2.45, 2.75) is 38.8 Å². The van der Waals surface area contributed by atoms with E-state index in [0.29, 0.717) is 24.4 Å². The number of aliphatic hydroxyl groups is 1. The number of nitrogens with zero attached hydrogens (tertiary/aromatic N) is 1. The Bertz CT molecular complexity index is 912. The quantitative estimate of drug-likeness (QED) is 0.145. The minimum atomic E-state index is -0.708. The van der Waals surface area contributed by atoms with Gasteiger partial charge in [-0.15, -0.1) is 0 Å². The molecule has 2 aromatic rings. The lowest BCUT2D eigenvalue weighted by atomic mass is 9.84. The van der Waals surface area contributed by atoms with E-state index < -0.39 is 17.6 Å². The second-order valence-corrected chi connectivity index (χ2v) is 10.5. The summed E-state index contributed by atoms with van der Waals surface area (Å²) in [4.78, 5) is 22.1. The zero-order valence-corrected chi connectivity index (χ0v) is 24.8. The fraction of sp³-hybridized carbons (Fsp3) is 0.552. The van der Waals surface area contributed by atoms with Gasteiger partial charge < -0.3 is 20.5 Å². The summed E-state index contributed by atoms with van der Waals surface area (Å²) in [6.07, 6.45) is 0.442. The minimum Gasteiger partial charge on any atom is -0.390 e. The molecule has 0 spiro atoms. The molecule has 0 aliphatic carbocycles. The standard InChI is InChI=1S/C27H38ClN3O3.2CH4O2/c1-27(2,19-22-8-10-23(28)11-9-22)26(33)30-24(18-21-6-4-3-5-7-21)25(32)20-29-12-13-31-14-16-34-17-15-31;2*1-3-2/h3-11,24-25,29,32H,12-20H2,1-2H3,(H,30,33);2*2H,1H3/t24-,25+;;/m0../s1. The molecule has 1 amide bonds. The first kappa shape index (κ1) is 35.9. The van der Waals surface area contributed by atoms with Crippen molar-refractivity contribution in [1.29, 1.82) is 0 Å². The van der Waals surface area contributed by atoms with Gasteiger partial charge in [-0.05, 0) is 36.1 Å². The van der Waals surface area contributed by atoms with Crippen LogP contribution < -0.4 is 10.6 Å². The first-order valence-corrected chi connectivity index (χ1v) is 13.7. The number of benzene rings is 2. The normalized spacial score (nSPS) is 15.1. The second-order valence-electron chi connectivity index (χ2n) is 10.0. The maximum absolute atomic E-state index is 13.3. The van der Waals surface area contributed by atoms with Crippen molar-refractivity contribution in [1.82, 2.24) is 15.5 Å². The van der Waals surface area contributed by atoms with Gasteiger partial charge in [0.15, 0.2) is 0 Å². The molecule has 0 aromatic heterocycles. The lowest BCUT2D eigenvalue weighted by molar-refractivity contribution is -0.215. The van der Waals surface area contributed by atoms with Crippen LogP contribution in [0.25, 0.3) is 0 Å². The van der Waals surface area contributed by atoms with Crippen molar-refractivity contribution < 1.29 is 34.9 Å². The van der Waals surface area contributed by atoms with Gasteiger partial charge in [-0.1, -0.05) is 67.9 Å². The van der Waals surface area contributed by atoms with Crippen molar-refractivity contribution in [2.75, 3.05) is 60.2 Å². The fourth-order valence-corrected chi connectivity index (χ4v) is 4.29. The van der Waals surface area contributed by atoms with Crippen LogP contribution >= 0.6 is 11.6 Å². The molecule has 2 atom stereocenters. The summed E-state index contributed by atoms with van der Waals surface area (Å²) in [6.45, 7) is 9.43. The summed E-state index contributed by atoms with van der Waals surface area (Å²) in [7, 11) is 2.36. The lowest BCUT2D eigenvalue weighted by Crippen LogP contribution is -2.52. The van der Waals surface area contributed by atoms with E-state index in [-0.39, 0.29) is 5.91 Å². The minimum absolute atomic E-state index is 0.0734. The number of rotatable bonds is 12. The second kappa shape index (κ2) is 20.7. The van der Waals surface area contributed by atoms with E-state index in [0.717, 1.165) is 50.5 Å². The lowest BCUT2D eigenvalue weighted by Gasteiger charge is -2.31. The van der Waals surface area contributed by atoms with E-state index in [1.54, 1.807) is 0 Å². The molecule has 0 radical (unpaired) electrons. The molecule has 1 saturated heterocycles. The Balaban J connectivity index is 0.00000122. The van der Waals surface area contributed by atoms with Gasteiger partial charge >= 0.3 is 0 Å². The fourth-order valence-electron chi connectivity index (χ4n) is 4.16. The van der Waals surface area contributed by atoms with E-state index >= 15 is 0 Å². The van der Waals surface area contributed by atoms with Crippen LogP contribution in [-0.4, -0.2) is 98.7 Å².